The van der Waals surface area contributed by atoms with Crippen LogP contribution in [0.15, 0.2) is 23.7 Å². The SMILES string of the molecule is CC(=O)C=C(C)[O-].CC(=O)C=C(C)[O-].O.[V+2]. The van der Waals surface area contributed by atoms with E-state index in [0.29, 0.717) is 0 Å². The molecule has 0 heterocycles. The Morgan fingerprint density at radius 2 is 1.00 bits per heavy atom. The fraction of sp³-hybridized carbons (Fsp3) is 0.400. The van der Waals surface area contributed by atoms with Crippen molar-refractivity contribution in [3.63, 3.8) is 0 Å². The molecular weight excluding hydrogens is 251 g/mol. The maximum atomic E-state index is 9.98. The third-order valence-electron chi connectivity index (χ3n) is 0.813. The van der Waals surface area contributed by atoms with E-state index in [1.165, 1.54) is 27.7 Å². The molecule has 5 nitrogen and oxygen atoms in total. The number of hydrogen-bond donors (Lipinski definition) is 0. The molecule has 0 aromatic heterocycles. The van der Waals surface area contributed by atoms with Crippen LogP contribution in [0.3, 0.4) is 0 Å². The third kappa shape index (κ3) is 38.3. The van der Waals surface area contributed by atoms with Crippen LogP contribution in [0.2, 0.25) is 0 Å². The third-order valence-corrected chi connectivity index (χ3v) is 0.813. The average Bonchev–Trinajstić information content (AvgIpc) is 1.79. The maximum Gasteiger partial charge on any atom is 2.00 e. The average molecular weight is 267 g/mol. The minimum Gasteiger partial charge on any atom is -0.876 e. The van der Waals surface area contributed by atoms with Crippen LogP contribution in [0.5, 0.6) is 0 Å². The Kier molecular flexibility index (Phi) is 21.2. The van der Waals surface area contributed by atoms with Crippen LogP contribution in [-0.2, 0) is 28.1 Å². The van der Waals surface area contributed by atoms with Gasteiger partial charge in [-0.15, -0.1) is 11.5 Å². The molecule has 0 bridgehead atoms. The number of ketones is 2. The van der Waals surface area contributed by atoms with Crippen LogP contribution < -0.4 is 10.2 Å². The second-order valence-corrected chi connectivity index (χ2v) is 2.73. The van der Waals surface area contributed by atoms with E-state index in [2.05, 4.69) is 0 Å². The number of hydrogen-bond acceptors (Lipinski definition) is 4. The molecule has 0 saturated heterocycles. The van der Waals surface area contributed by atoms with Gasteiger partial charge in [-0.25, -0.2) is 0 Å². The van der Waals surface area contributed by atoms with E-state index < -0.39 is 0 Å². The first-order chi connectivity index (χ1) is 6.25. The van der Waals surface area contributed by atoms with Gasteiger partial charge in [0, 0.05) is 0 Å². The number of carbonyl (C=O) groups excluding carboxylic acids is 2. The molecule has 16 heavy (non-hydrogen) atoms. The first-order valence-electron chi connectivity index (χ1n) is 3.97. The van der Waals surface area contributed by atoms with Crippen molar-refractivity contribution in [1.29, 1.82) is 0 Å². The summed E-state index contributed by atoms with van der Waals surface area (Å²) in [5.74, 6) is -0.750. The van der Waals surface area contributed by atoms with Crippen molar-refractivity contribution in [2.45, 2.75) is 27.7 Å². The molecule has 6 heteroatoms. The summed E-state index contributed by atoms with van der Waals surface area (Å²) in [4.78, 5) is 20.0. The Hall–Kier alpha value is -1.04. The first-order valence-corrected chi connectivity index (χ1v) is 3.97. The molecule has 91 valence electrons. The molecule has 0 fully saturated rings. The van der Waals surface area contributed by atoms with Gasteiger partial charge in [-0.1, -0.05) is 13.8 Å². The van der Waals surface area contributed by atoms with E-state index in [1.54, 1.807) is 0 Å². The molecule has 0 aliphatic heterocycles. The Morgan fingerprint density at radius 3 is 1.00 bits per heavy atom. The van der Waals surface area contributed by atoms with Crippen molar-refractivity contribution in [2.75, 3.05) is 0 Å². The van der Waals surface area contributed by atoms with Crippen molar-refractivity contribution in [2.24, 2.45) is 0 Å². The summed E-state index contributed by atoms with van der Waals surface area (Å²) in [5.41, 5.74) is 0. The van der Waals surface area contributed by atoms with Crippen LogP contribution in [0.1, 0.15) is 27.7 Å². The monoisotopic (exact) mass is 267 g/mol. The fourth-order valence-electron chi connectivity index (χ4n) is 0.572. The minimum absolute atomic E-state index is 0. The Balaban J connectivity index is -0.0000000800. The van der Waals surface area contributed by atoms with Gasteiger partial charge in [0.05, 0.1) is 0 Å². The summed E-state index contributed by atoms with van der Waals surface area (Å²) < 4.78 is 0. The first kappa shape index (κ1) is 24.3. The van der Waals surface area contributed by atoms with Gasteiger partial charge in [-0.05, 0) is 26.0 Å². The number of allylic oxidation sites excluding steroid dienone is 4. The van der Waals surface area contributed by atoms with Crippen LogP contribution >= 0.6 is 0 Å². The van der Waals surface area contributed by atoms with Gasteiger partial charge in [0.2, 0.25) is 0 Å². The fourth-order valence-corrected chi connectivity index (χ4v) is 0.572. The second kappa shape index (κ2) is 14.0. The standard InChI is InChI=1S/2C5H8O2.H2O.V/c2*1-4(6)3-5(2)7;;/h2*3,6H,1-2H3;1H2;/q;;;+2/p-2. The van der Waals surface area contributed by atoms with Gasteiger partial charge < -0.3 is 15.7 Å². The topological polar surface area (TPSA) is 112 Å². The van der Waals surface area contributed by atoms with Crippen molar-refractivity contribution >= 4 is 11.6 Å². The van der Waals surface area contributed by atoms with Crippen molar-refractivity contribution in [1.82, 2.24) is 0 Å². The Labute approximate surface area is 107 Å². The summed E-state index contributed by atoms with van der Waals surface area (Å²) in [6.45, 7) is 5.39. The van der Waals surface area contributed by atoms with Crippen molar-refractivity contribution in [3.05, 3.63) is 23.7 Å². The molecular formula is C10H16O5V. The molecule has 0 unspecified atom stereocenters. The molecule has 2 N–H and O–H groups in total. The van der Waals surface area contributed by atoms with Gasteiger partial charge in [0.1, 0.15) is 0 Å². The molecule has 0 aliphatic rings. The van der Waals surface area contributed by atoms with Gasteiger partial charge >= 0.3 is 18.6 Å². The van der Waals surface area contributed by atoms with E-state index in [9.17, 15) is 19.8 Å². The predicted molar refractivity (Wildman–Crippen MR) is 52.5 cm³/mol. The summed E-state index contributed by atoms with van der Waals surface area (Å²) in [5, 5.41) is 20.0. The van der Waals surface area contributed by atoms with E-state index >= 15 is 0 Å². The summed E-state index contributed by atoms with van der Waals surface area (Å²) in [7, 11) is 0. The summed E-state index contributed by atoms with van der Waals surface area (Å²) in [6.07, 6.45) is 2.11. The Bertz CT molecular complexity index is 232. The molecule has 1 radical (unpaired) electrons. The summed E-state index contributed by atoms with van der Waals surface area (Å²) in [6, 6.07) is 0. The van der Waals surface area contributed by atoms with Crippen LogP contribution in [-0.4, -0.2) is 17.0 Å². The van der Waals surface area contributed by atoms with Crippen molar-refractivity contribution in [3.8, 4) is 0 Å². The van der Waals surface area contributed by atoms with Crippen LogP contribution in [0, 0.1) is 0 Å². The van der Waals surface area contributed by atoms with Gasteiger partial charge in [0.15, 0.2) is 11.6 Å². The molecule has 0 saturated carbocycles. The number of carbonyl (C=O) groups is 2. The summed E-state index contributed by atoms with van der Waals surface area (Å²) >= 11 is 0. The second-order valence-electron chi connectivity index (χ2n) is 2.73. The van der Waals surface area contributed by atoms with Crippen molar-refractivity contribution < 1.29 is 43.8 Å². The molecule has 0 rings (SSSR count). The molecule has 0 aromatic rings. The zero-order valence-electron chi connectivity index (χ0n) is 9.73. The smallest absolute Gasteiger partial charge is 0.876 e. The molecule has 0 atom stereocenters. The minimum atomic E-state index is -0.187. The molecule has 0 amide bonds. The Morgan fingerprint density at radius 1 is 0.812 bits per heavy atom. The molecule has 0 aromatic carbocycles. The van der Waals surface area contributed by atoms with E-state index in [0.717, 1.165) is 12.2 Å². The van der Waals surface area contributed by atoms with Gasteiger partial charge in [-0.2, -0.15) is 0 Å². The normalized spacial score (nSPS) is 10.0. The van der Waals surface area contributed by atoms with E-state index in [-0.39, 0.29) is 47.1 Å². The van der Waals surface area contributed by atoms with E-state index in [1.807, 2.05) is 0 Å². The van der Waals surface area contributed by atoms with Crippen LogP contribution in [0.4, 0.5) is 0 Å². The predicted octanol–water partition coefficient (Wildman–Crippen LogP) is -1.15. The number of rotatable bonds is 2. The van der Waals surface area contributed by atoms with Gasteiger partial charge in [-0.3, -0.25) is 9.59 Å². The van der Waals surface area contributed by atoms with Gasteiger partial charge in [0.25, 0.3) is 0 Å². The zero-order chi connectivity index (χ0) is 11.7. The molecule has 0 spiro atoms. The quantitative estimate of drug-likeness (QED) is 0.464. The molecule has 0 aliphatic carbocycles. The van der Waals surface area contributed by atoms with Crippen LogP contribution in [0.25, 0.3) is 0 Å². The maximum absolute atomic E-state index is 9.98. The zero-order valence-corrected chi connectivity index (χ0v) is 11.1. The van der Waals surface area contributed by atoms with E-state index in [4.69, 9.17) is 0 Å². The largest absolute Gasteiger partial charge is 2.00 e.